The molecule has 0 atom stereocenters. The van der Waals surface area contributed by atoms with Gasteiger partial charge in [0.1, 0.15) is 5.75 Å². The van der Waals surface area contributed by atoms with E-state index in [1.165, 1.54) is 56.9 Å². The summed E-state index contributed by atoms with van der Waals surface area (Å²) < 4.78 is 5.83. The number of phenolic OH excluding ortho intramolecular Hbond substituents is 1. The molecule has 136 valence electrons. The second-order valence-corrected chi connectivity index (χ2v) is 6.89. The third-order valence-corrected chi connectivity index (χ3v) is 4.66. The Balaban J connectivity index is 1.75. The van der Waals surface area contributed by atoms with Crippen molar-refractivity contribution in [1.82, 2.24) is 0 Å². The van der Waals surface area contributed by atoms with Gasteiger partial charge >= 0.3 is 0 Å². The van der Waals surface area contributed by atoms with Gasteiger partial charge in [0.25, 0.3) is 0 Å². The Kier molecular flexibility index (Phi) is 8.38. The first-order chi connectivity index (χ1) is 12.2. The zero-order chi connectivity index (χ0) is 17.9. The number of hydrogen-bond donors (Lipinski definition) is 1. The second kappa shape index (κ2) is 10.8. The Labute approximate surface area is 152 Å². The fourth-order valence-electron chi connectivity index (χ4n) is 3.06. The molecule has 0 aliphatic carbocycles. The van der Waals surface area contributed by atoms with E-state index in [2.05, 4.69) is 13.0 Å². The smallest absolute Gasteiger partial charge is 0.169 e. The molecular weight excluding hydrogens is 308 g/mol. The average molecular weight is 341 g/mol. The van der Waals surface area contributed by atoms with E-state index >= 15 is 0 Å². The van der Waals surface area contributed by atoms with Crippen LogP contribution in [0.5, 0.6) is 17.2 Å². The summed E-state index contributed by atoms with van der Waals surface area (Å²) in [6, 6.07) is 13.6. The summed E-state index contributed by atoms with van der Waals surface area (Å²) in [5, 5.41) is 10.2. The summed E-state index contributed by atoms with van der Waals surface area (Å²) in [6.07, 6.45) is 11.6. The zero-order valence-electron chi connectivity index (χ0n) is 15.8. The summed E-state index contributed by atoms with van der Waals surface area (Å²) in [6.45, 7) is 4.26. The Morgan fingerprint density at radius 3 is 2.16 bits per heavy atom. The van der Waals surface area contributed by atoms with Gasteiger partial charge in [-0.05, 0) is 49.1 Å². The van der Waals surface area contributed by atoms with Crippen LogP contribution >= 0.6 is 0 Å². The van der Waals surface area contributed by atoms with Crippen LogP contribution in [0.3, 0.4) is 0 Å². The van der Waals surface area contributed by atoms with E-state index in [0.717, 1.165) is 17.7 Å². The number of aryl methyl sites for hydroxylation is 2. The van der Waals surface area contributed by atoms with Gasteiger partial charge in [0.15, 0.2) is 11.5 Å². The molecule has 0 spiro atoms. The minimum atomic E-state index is 0.223. The van der Waals surface area contributed by atoms with Crippen LogP contribution in [0.25, 0.3) is 0 Å². The van der Waals surface area contributed by atoms with E-state index < -0.39 is 0 Å². The summed E-state index contributed by atoms with van der Waals surface area (Å²) >= 11 is 0. The molecule has 0 fully saturated rings. The molecule has 2 nitrogen and oxygen atoms in total. The van der Waals surface area contributed by atoms with Gasteiger partial charge in [0.05, 0.1) is 0 Å². The molecule has 0 aromatic heterocycles. The number of benzene rings is 2. The van der Waals surface area contributed by atoms with Crippen LogP contribution in [0.2, 0.25) is 0 Å². The molecule has 0 aliphatic heterocycles. The van der Waals surface area contributed by atoms with Crippen LogP contribution < -0.4 is 4.74 Å². The molecule has 0 bridgehead atoms. The summed E-state index contributed by atoms with van der Waals surface area (Å²) in [4.78, 5) is 0. The van der Waals surface area contributed by atoms with Gasteiger partial charge in [-0.3, -0.25) is 0 Å². The van der Waals surface area contributed by atoms with Crippen LogP contribution in [-0.2, 0) is 6.42 Å². The number of rotatable bonds is 11. The van der Waals surface area contributed by atoms with Crippen molar-refractivity contribution in [2.75, 3.05) is 0 Å². The van der Waals surface area contributed by atoms with Crippen LogP contribution in [0.15, 0.2) is 42.5 Å². The normalized spacial score (nSPS) is 10.8. The predicted molar refractivity (Wildman–Crippen MR) is 106 cm³/mol. The SMILES string of the molecule is CCCCCCCCCCc1ccc(Oc2ccccc2C)c(O)c1. The molecule has 2 aromatic rings. The highest BCUT2D eigenvalue weighted by atomic mass is 16.5. The average Bonchev–Trinajstić information content (AvgIpc) is 2.61. The Bertz CT molecular complexity index is 634. The maximum Gasteiger partial charge on any atom is 0.169 e. The second-order valence-electron chi connectivity index (χ2n) is 6.89. The standard InChI is InChI=1S/C23H32O2/c1-3-4-5-6-7-8-9-10-14-20-16-17-23(21(24)18-20)25-22-15-12-11-13-19(22)2/h11-13,15-18,24H,3-10,14H2,1-2H3. The fourth-order valence-corrected chi connectivity index (χ4v) is 3.06. The molecule has 2 rings (SSSR count). The molecule has 0 saturated carbocycles. The molecule has 0 amide bonds. The van der Waals surface area contributed by atoms with E-state index in [-0.39, 0.29) is 5.75 Å². The van der Waals surface area contributed by atoms with Crippen molar-refractivity contribution < 1.29 is 9.84 Å². The Hall–Kier alpha value is -1.96. The molecular formula is C23H32O2. The summed E-state index contributed by atoms with van der Waals surface area (Å²) in [5.41, 5.74) is 2.24. The highest BCUT2D eigenvalue weighted by Crippen LogP contribution is 2.33. The highest BCUT2D eigenvalue weighted by Gasteiger charge is 2.07. The minimum absolute atomic E-state index is 0.223. The fraction of sp³-hybridized carbons (Fsp3) is 0.478. The molecule has 0 saturated heterocycles. The predicted octanol–water partition coefficient (Wildman–Crippen LogP) is 7.18. The lowest BCUT2D eigenvalue weighted by Gasteiger charge is -2.11. The molecule has 0 unspecified atom stereocenters. The monoisotopic (exact) mass is 340 g/mol. The molecule has 25 heavy (non-hydrogen) atoms. The van der Waals surface area contributed by atoms with E-state index in [4.69, 9.17) is 4.74 Å². The van der Waals surface area contributed by atoms with E-state index in [1.54, 1.807) is 0 Å². The quantitative estimate of drug-likeness (QED) is 0.439. The van der Waals surface area contributed by atoms with Crippen molar-refractivity contribution in [1.29, 1.82) is 0 Å². The van der Waals surface area contributed by atoms with Crippen LogP contribution in [0.4, 0.5) is 0 Å². The number of hydrogen-bond acceptors (Lipinski definition) is 2. The molecule has 2 heteroatoms. The van der Waals surface area contributed by atoms with Gasteiger partial charge in [-0.2, -0.15) is 0 Å². The van der Waals surface area contributed by atoms with Crippen LogP contribution in [-0.4, -0.2) is 5.11 Å². The van der Waals surface area contributed by atoms with Gasteiger partial charge in [-0.15, -0.1) is 0 Å². The van der Waals surface area contributed by atoms with E-state index in [0.29, 0.717) is 5.75 Å². The van der Waals surface area contributed by atoms with Gasteiger partial charge in [0.2, 0.25) is 0 Å². The van der Waals surface area contributed by atoms with Gasteiger partial charge in [-0.25, -0.2) is 0 Å². The van der Waals surface area contributed by atoms with Gasteiger partial charge in [-0.1, -0.05) is 76.1 Å². The third-order valence-electron chi connectivity index (χ3n) is 4.66. The van der Waals surface area contributed by atoms with Crippen LogP contribution in [0, 0.1) is 6.92 Å². The molecule has 1 N–H and O–H groups in total. The lowest BCUT2D eigenvalue weighted by Crippen LogP contribution is -1.90. The van der Waals surface area contributed by atoms with E-state index in [9.17, 15) is 5.11 Å². The first-order valence-electron chi connectivity index (χ1n) is 9.76. The number of phenols is 1. The highest BCUT2D eigenvalue weighted by molar-refractivity contribution is 5.45. The van der Waals surface area contributed by atoms with Crippen molar-refractivity contribution >= 4 is 0 Å². The lowest BCUT2D eigenvalue weighted by atomic mass is 10.0. The zero-order valence-corrected chi connectivity index (χ0v) is 15.8. The Morgan fingerprint density at radius 1 is 0.800 bits per heavy atom. The van der Waals surface area contributed by atoms with Crippen molar-refractivity contribution in [3.63, 3.8) is 0 Å². The molecule has 0 radical (unpaired) electrons. The van der Waals surface area contributed by atoms with E-state index in [1.807, 2.05) is 43.3 Å². The number of para-hydroxylation sites is 1. The Morgan fingerprint density at radius 2 is 1.48 bits per heavy atom. The topological polar surface area (TPSA) is 29.5 Å². The number of ether oxygens (including phenoxy) is 1. The third kappa shape index (κ3) is 6.81. The minimum Gasteiger partial charge on any atom is -0.504 e. The molecule has 0 heterocycles. The van der Waals surface area contributed by atoms with Crippen molar-refractivity contribution in [3.8, 4) is 17.2 Å². The molecule has 0 aliphatic rings. The molecule has 2 aromatic carbocycles. The summed E-state index contributed by atoms with van der Waals surface area (Å²) in [7, 11) is 0. The summed E-state index contributed by atoms with van der Waals surface area (Å²) in [5.74, 6) is 1.53. The van der Waals surface area contributed by atoms with Crippen molar-refractivity contribution in [2.24, 2.45) is 0 Å². The maximum absolute atomic E-state index is 10.2. The van der Waals surface area contributed by atoms with Gasteiger partial charge in [0, 0.05) is 0 Å². The number of unbranched alkanes of at least 4 members (excludes halogenated alkanes) is 7. The van der Waals surface area contributed by atoms with Crippen molar-refractivity contribution in [2.45, 2.75) is 71.6 Å². The maximum atomic E-state index is 10.2. The lowest BCUT2D eigenvalue weighted by molar-refractivity contribution is 0.409. The largest absolute Gasteiger partial charge is 0.504 e. The van der Waals surface area contributed by atoms with Crippen LogP contribution in [0.1, 0.15) is 69.4 Å². The first-order valence-corrected chi connectivity index (χ1v) is 9.76. The van der Waals surface area contributed by atoms with Gasteiger partial charge < -0.3 is 9.84 Å². The van der Waals surface area contributed by atoms with Crippen molar-refractivity contribution in [3.05, 3.63) is 53.6 Å². The number of aromatic hydroxyl groups is 1. The first kappa shape index (κ1) is 19.4.